The standard InChI is InChI=1S/C15H20BF3NOSi.K/c1-15(2,3)22(4,5)21-14-12(16(17,18)19)9-8-11-7-6-10-20-13(11)14;/h6-10H,1-5H3;/q-1;+1. The summed E-state index contributed by atoms with van der Waals surface area (Å²) in [6, 6.07) is 6.00. The summed E-state index contributed by atoms with van der Waals surface area (Å²) in [7, 11) is -2.40. The summed E-state index contributed by atoms with van der Waals surface area (Å²) in [4.78, 5) is 4.13. The van der Waals surface area contributed by atoms with Crippen LogP contribution in [0.15, 0.2) is 30.5 Å². The van der Waals surface area contributed by atoms with Crippen LogP contribution in [0.5, 0.6) is 5.75 Å². The molecule has 120 valence electrons. The summed E-state index contributed by atoms with van der Waals surface area (Å²) in [5.41, 5.74) is -0.417. The van der Waals surface area contributed by atoms with Crippen LogP contribution in [0.1, 0.15) is 20.8 Å². The van der Waals surface area contributed by atoms with Crippen molar-refractivity contribution in [3.63, 3.8) is 0 Å². The van der Waals surface area contributed by atoms with Crippen molar-refractivity contribution in [1.82, 2.24) is 4.98 Å². The van der Waals surface area contributed by atoms with Gasteiger partial charge in [-0.15, -0.1) is 0 Å². The van der Waals surface area contributed by atoms with E-state index in [9.17, 15) is 12.9 Å². The summed E-state index contributed by atoms with van der Waals surface area (Å²) < 4.78 is 46.3. The average Bonchev–Trinajstić information content (AvgIpc) is 2.36. The zero-order valence-electron chi connectivity index (χ0n) is 14.5. The van der Waals surface area contributed by atoms with Gasteiger partial charge in [-0.05, 0) is 24.2 Å². The van der Waals surface area contributed by atoms with Gasteiger partial charge in [0.2, 0.25) is 8.32 Å². The number of aromatic nitrogens is 1. The summed E-state index contributed by atoms with van der Waals surface area (Å²) in [5, 5.41) is 0.458. The molecule has 0 aliphatic carbocycles. The van der Waals surface area contributed by atoms with Crippen molar-refractivity contribution in [3.05, 3.63) is 30.5 Å². The predicted molar refractivity (Wildman–Crippen MR) is 88.3 cm³/mol. The van der Waals surface area contributed by atoms with Crippen molar-refractivity contribution < 1.29 is 68.8 Å². The number of fused-ring (bicyclic) bond motifs is 1. The average molecular weight is 365 g/mol. The number of rotatable bonds is 3. The van der Waals surface area contributed by atoms with Crippen LogP contribution in [0.4, 0.5) is 12.9 Å². The van der Waals surface area contributed by atoms with Crippen molar-refractivity contribution in [1.29, 1.82) is 0 Å². The molecule has 0 bridgehead atoms. The first kappa shape index (κ1) is 21.2. The fraction of sp³-hybridized carbons (Fsp3) is 0.400. The molecule has 0 fully saturated rings. The Morgan fingerprint density at radius 1 is 1.09 bits per heavy atom. The molecule has 2 rings (SSSR count). The maximum Gasteiger partial charge on any atom is 1.00 e. The van der Waals surface area contributed by atoms with Crippen LogP contribution >= 0.6 is 0 Å². The summed E-state index contributed by atoms with van der Waals surface area (Å²) in [6.45, 7) is 4.70. The molecular weight excluding hydrogens is 345 g/mol. The number of hydrogen-bond acceptors (Lipinski definition) is 2. The van der Waals surface area contributed by atoms with Gasteiger partial charge in [-0.25, -0.2) is 0 Å². The third-order valence-electron chi connectivity index (χ3n) is 4.27. The molecule has 8 heteroatoms. The molecule has 0 saturated heterocycles. The molecular formula is C15H20BF3KNOSi. The van der Waals surface area contributed by atoms with Gasteiger partial charge in [0.15, 0.2) is 0 Å². The van der Waals surface area contributed by atoms with Gasteiger partial charge in [0.1, 0.15) is 11.3 Å². The largest absolute Gasteiger partial charge is 1.00 e. The molecule has 1 aromatic carbocycles. The summed E-state index contributed by atoms with van der Waals surface area (Å²) >= 11 is 0. The van der Waals surface area contributed by atoms with Gasteiger partial charge in [-0.1, -0.05) is 44.4 Å². The van der Waals surface area contributed by atoms with E-state index in [0.29, 0.717) is 5.39 Å². The minimum atomic E-state index is -5.16. The Kier molecular flexibility index (Phi) is 6.60. The molecule has 0 amide bonds. The van der Waals surface area contributed by atoms with Crippen LogP contribution in [0.25, 0.3) is 10.9 Å². The zero-order chi connectivity index (χ0) is 16.8. The van der Waals surface area contributed by atoms with Gasteiger partial charge in [0.05, 0.1) is 0 Å². The number of hydrogen-bond donors (Lipinski definition) is 0. The van der Waals surface area contributed by atoms with E-state index >= 15 is 0 Å². The van der Waals surface area contributed by atoms with Crippen molar-refractivity contribution in [2.75, 3.05) is 0 Å². The Morgan fingerprint density at radius 3 is 2.22 bits per heavy atom. The van der Waals surface area contributed by atoms with Crippen LogP contribution < -0.4 is 61.3 Å². The Balaban J connectivity index is 0.00000264. The normalized spacial score (nSPS) is 12.9. The second kappa shape index (κ2) is 7.17. The Labute approximate surface area is 178 Å². The molecule has 0 radical (unpaired) electrons. The van der Waals surface area contributed by atoms with E-state index in [4.69, 9.17) is 4.43 Å². The third-order valence-corrected chi connectivity index (χ3v) is 8.60. The fourth-order valence-corrected chi connectivity index (χ4v) is 2.94. The van der Waals surface area contributed by atoms with E-state index < -0.39 is 20.8 Å². The van der Waals surface area contributed by atoms with E-state index in [1.807, 2.05) is 33.9 Å². The van der Waals surface area contributed by atoms with E-state index in [0.717, 1.165) is 6.07 Å². The molecule has 0 atom stereocenters. The molecule has 0 spiro atoms. The molecule has 0 saturated carbocycles. The first-order chi connectivity index (χ1) is 9.93. The van der Waals surface area contributed by atoms with Crippen molar-refractivity contribution in [2.45, 2.75) is 38.9 Å². The second-order valence-corrected chi connectivity index (χ2v) is 11.7. The van der Waals surface area contributed by atoms with Crippen LogP contribution in [0.3, 0.4) is 0 Å². The van der Waals surface area contributed by atoms with Gasteiger partial charge in [0.25, 0.3) is 0 Å². The van der Waals surface area contributed by atoms with Crippen molar-refractivity contribution in [3.8, 4) is 5.75 Å². The van der Waals surface area contributed by atoms with Gasteiger partial charge in [-0.3, -0.25) is 4.98 Å². The molecule has 2 nitrogen and oxygen atoms in total. The van der Waals surface area contributed by atoms with Gasteiger partial charge >= 0.3 is 58.4 Å². The smallest absolute Gasteiger partial charge is 0.544 e. The first-order valence-corrected chi connectivity index (χ1v) is 10.1. The van der Waals surface area contributed by atoms with Crippen LogP contribution in [0.2, 0.25) is 18.1 Å². The molecule has 0 N–H and O–H groups in total. The summed E-state index contributed by atoms with van der Waals surface area (Å²) in [6.07, 6.45) is 1.49. The van der Waals surface area contributed by atoms with Crippen LogP contribution in [-0.4, -0.2) is 20.3 Å². The molecule has 2 aromatic rings. The Bertz CT molecular complexity index is 701. The Morgan fingerprint density at radius 2 is 1.70 bits per heavy atom. The molecule has 0 aliphatic rings. The first-order valence-electron chi connectivity index (χ1n) is 7.20. The quantitative estimate of drug-likeness (QED) is 0.773. The molecule has 0 unspecified atom stereocenters. The molecule has 1 aromatic heterocycles. The molecule has 23 heavy (non-hydrogen) atoms. The number of pyridine rings is 1. The Hall–Kier alpha value is 0.138. The number of nitrogens with zero attached hydrogens (tertiary/aromatic N) is 1. The van der Waals surface area contributed by atoms with Gasteiger partial charge in [-0.2, -0.15) is 0 Å². The monoisotopic (exact) mass is 365 g/mol. The fourth-order valence-electron chi connectivity index (χ4n) is 1.91. The van der Waals surface area contributed by atoms with Crippen molar-refractivity contribution in [2.24, 2.45) is 0 Å². The third kappa shape index (κ3) is 4.61. The van der Waals surface area contributed by atoms with Crippen molar-refractivity contribution >= 4 is 31.7 Å². The number of benzene rings is 1. The van der Waals surface area contributed by atoms with Gasteiger partial charge in [0, 0.05) is 11.6 Å². The molecule has 0 aliphatic heterocycles. The van der Waals surface area contributed by atoms with E-state index in [-0.39, 0.29) is 67.7 Å². The van der Waals surface area contributed by atoms with E-state index in [1.165, 1.54) is 12.3 Å². The predicted octanol–water partition coefficient (Wildman–Crippen LogP) is 1.68. The topological polar surface area (TPSA) is 22.1 Å². The maximum atomic E-state index is 13.4. The minimum absolute atomic E-state index is 0. The summed E-state index contributed by atoms with van der Waals surface area (Å²) in [5.74, 6) is -0.114. The van der Waals surface area contributed by atoms with E-state index in [1.54, 1.807) is 12.1 Å². The second-order valence-electron chi connectivity index (χ2n) is 7.00. The maximum absolute atomic E-state index is 13.4. The van der Waals surface area contributed by atoms with Crippen LogP contribution in [0, 0.1) is 0 Å². The van der Waals surface area contributed by atoms with E-state index in [2.05, 4.69) is 4.98 Å². The SMILES string of the molecule is CC(C)(C)[Si](C)(C)Oc1c([B-](F)(F)F)ccc2cccnc12.[K+]. The molecule has 1 heterocycles. The van der Waals surface area contributed by atoms with Crippen LogP contribution in [-0.2, 0) is 0 Å². The number of halogens is 3. The zero-order valence-corrected chi connectivity index (χ0v) is 18.6. The van der Waals surface area contributed by atoms with Gasteiger partial charge < -0.3 is 17.4 Å². The minimum Gasteiger partial charge on any atom is -0.544 e.